The fourth-order valence-corrected chi connectivity index (χ4v) is 5.05. The molecule has 0 bridgehead atoms. The van der Waals surface area contributed by atoms with E-state index < -0.39 is 0 Å². The van der Waals surface area contributed by atoms with Crippen LogP contribution < -0.4 is 5.32 Å². The average Bonchev–Trinajstić information content (AvgIpc) is 3.28. The summed E-state index contributed by atoms with van der Waals surface area (Å²) in [5.41, 5.74) is 1.94. The highest BCUT2D eigenvalue weighted by Crippen LogP contribution is 2.26. The lowest BCUT2D eigenvalue weighted by Crippen LogP contribution is -2.39. The molecule has 1 fully saturated rings. The van der Waals surface area contributed by atoms with Crippen molar-refractivity contribution in [3.8, 4) is 5.69 Å². The number of hydrogen-bond acceptors (Lipinski definition) is 6. The Bertz CT molecular complexity index is 1130. The number of hydrogen-bond donors (Lipinski definition) is 1. The van der Waals surface area contributed by atoms with Gasteiger partial charge >= 0.3 is 0 Å². The number of carbonyl (C=O) groups is 2. The quantitative estimate of drug-likeness (QED) is 0.529. The van der Waals surface area contributed by atoms with Crippen LogP contribution in [0, 0.1) is 6.92 Å². The second kappa shape index (κ2) is 10.6. The van der Waals surface area contributed by atoms with E-state index in [-0.39, 0.29) is 11.8 Å². The molecule has 4 rings (SSSR count). The van der Waals surface area contributed by atoms with Gasteiger partial charge in [0.25, 0.3) is 5.91 Å². The Labute approximate surface area is 197 Å². The van der Waals surface area contributed by atoms with Crippen LogP contribution in [0.1, 0.15) is 48.3 Å². The van der Waals surface area contributed by atoms with Crippen molar-refractivity contribution in [2.45, 2.75) is 50.0 Å². The molecule has 0 saturated heterocycles. The van der Waals surface area contributed by atoms with Gasteiger partial charge in [-0.1, -0.05) is 37.5 Å². The van der Waals surface area contributed by atoms with Crippen LogP contribution in [0.2, 0.25) is 0 Å². The minimum atomic E-state index is -0.225. The number of benzene rings is 2. The number of rotatable bonds is 7. The van der Waals surface area contributed by atoms with E-state index in [1.165, 1.54) is 31.0 Å². The molecular weight excluding hydrogens is 436 g/mol. The molecule has 1 N–H and O–H groups in total. The molecule has 0 spiro atoms. The lowest BCUT2D eigenvalue weighted by atomic mass is 9.94. The number of anilines is 1. The summed E-state index contributed by atoms with van der Waals surface area (Å²) >= 11 is 1.41. The molecule has 1 aromatic heterocycles. The first-order valence-corrected chi connectivity index (χ1v) is 12.2. The zero-order valence-electron chi connectivity index (χ0n) is 18.9. The second-order valence-corrected chi connectivity index (χ2v) is 9.24. The maximum Gasteiger partial charge on any atom is 0.256 e. The van der Waals surface area contributed by atoms with Crippen LogP contribution in [0.15, 0.2) is 53.4 Å². The van der Waals surface area contributed by atoms with E-state index in [1.807, 2.05) is 61.3 Å². The van der Waals surface area contributed by atoms with Crippen LogP contribution >= 0.6 is 11.8 Å². The van der Waals surface area contributed by atoms with Gasteiger partial charge < -0.3 is 10.2 Å². The highest BCUT2D eigenvalue weighted by Gasteiger charge is 2.22. The van der Waals surface area contributed by atoms with E-state index >= 15 is 0 Å². The summed E-state index contributed by atoms with van der Waals surface area (Å²) in [6.45, 7) is 1.81. The number of aromatic nitrogens is 4. The van der Waals surface area contributed by atoms with Crippen LogP contribution in [0.25, 0.3) is 5.69 Å². The van der Waals surface area contributed by atoms with E-state index in [4.69, 9.17) is 0 Å². The Morgan fingerprint density at radius 1 is 1.12 bits per heavy atom. The first-order valence-electron chi connectivity index (χ1n) is 11.2. The van der Waals surface area contributed by atoms with E-state index in [0.29, 0.717) is 28.9 Å². The van der Waals surface area contributed by atoms with Crippen molar-refractivity contribution in [1.29, 1.82) is 0 Å². The first kappa shape index (κ1) is 23.0. The van der Waals surface area contributed by atoms with Crippen molar-refractivity contribution in [2.24, 2.45) is 0 Å². The van der Waals surface area contributed by atoms with Crippen molar-refractivity contribution in [2.75, 3.05) is 18.1 Å². The van der Waals surface area contributed by atoms with E-state index in [9.17, 15) is 9.59 Å². The molecule has 33 heavy (non-hydrogen) atoms. The van der Waals surface area contributed by atoms with Crippen molar-refractivity contribution >= 4 is 29.3 Å². The maximum absolute atomic E-state index is 13.1. The SMILES string of the molecule is Cc1nnnn1-c1cccc(NC(=O)c2ccccc2SCC(=O)N(C)C2CCCCC2)c1. The Balaban J connectivity index is 1.42. The standard InChI is InChI=1S/C24H28N6O2S/c1-17-26-27-28-30(17)20-12-8-9-18(15-20)25-24(32)21-13-6-7-14-22(21)33-16-23(31)29(2)19-10-4-3-5-11-19/h6-9,12-15,19H,3-5,10-11,16H2,1-2H3,(H,25,32). The molecular formula is C24H28N6O2S. The molecule has 3 aromatic rings. The van der Waals surface area contributed by atoms with Gasteiger partial charge in [-0.2, -0.15) is 4.68 Å². The monoisotopic (exact) mass is 464 g/mol. The molecule has 1 saturated carbocycles. The molecule has 1 aliphatic rings. The van der Waals surface area contributed by atoms with Crippen molar-refractivity contribution in [3.05, 3.63) is 59.9 Å². The number of amides is 2. The van der Waals surface area contributed by atoms with Gasteiger partial charge in [-0.05, 0) is 60.5 Å². The summed E-state index contributed by atoms with van der Waals surface area (Å²) in [6, 6.07) is 15.1. The third kappa shape index (κ3) is 5.60. The number of thioether (sulfide) groups is 1. The summed E-state index contributed by atoms with van der Waals surface area (Å²) in [7, 11) is 1.90. The fourth-order valence-electron chi connectivity index (χ4n) is 4.08. The van der Waals surface area contributed by atoms with Gasteiger partial charge in [0.05, 0.1) is 17.0 Å². The number of carbonyl (C=O) groups excluding carboxylic acids is 2. The van der Waals surface area contributed by atoms with Crippen molar-refractivity contribution < 1.29 is 9.59 Å². The first-order chi connectivity index (χ1) is 16.0. The molecule has 0 radical (unpaired) electrons. The molecule has 2 aromatic carbocycles. The van der Waals surface area contributed by atoms with Gasteiger partial charge in [-0.15, -0.1) is 16.9 Å². The van der Waals surface area contributed by atoms with Gasteiger partial charge in [0.1, 0.15) is 0 Å². The Hall–Kier alpha value is -3.20. The Kier molecular flexibility index (Phi) is 7.39. The summed E-state index contributed by atoms with van der Waals surface area (Å²) < 4.78 is 1.61. The molecule has 172 valence electrons. The lowest BCUT2D eigenvalue weighted by Gasteiger charge is -2.31. The molecule has 2 amide bonds. The largest absolute Gasteiger partial charge is 0.342 e. The predicted octanol–water partition coefficient (Wildman–Crippen LogP) is 4.11. The molecule has 1 aliphatic carbocycles. The molecule has 0 unspecified atom stereocenters. The Morgan fingerprint density at radius 2 is 1.91 bits per heavy atom. The third-order valence-corrected chi connectivity index (χ3v) is 7.03. The average molecular weight is 465 g/mol. The summed E-state index contributed by atoms with van der Waals surface area (Å²) in [5, 5.41) is 14.5. The fraction of sp³-hybridized carbons (Fsp3) is 0.375. The van der Waals surface area contributed by atoms with Crippen molar-refractivity contribution in [1.82, 2.24) is 25.1 Å². The van der Waals surface area contributed by atoms with E-state index in [1.54, 1.807) is 10.7 Å². The van der Waals surface area contributed by atoms with Gasteiger partial charge in [-0.3, -0.25) is 9.59 Å². The summed E-state index contributed by atoms with van der Waals surface area (Å²) in [4.78, 5) is 28.5. The van der Waals surface area contributed by atoms with Gasteiger partial charge in [-0.25, -0.2) is 0 Å². The summed E-state index contributed by atoms with van der Waals surface area (Å²) in [5.74, 6) is 0.845. The van der Waals surface area contributed by atoms with Gasteiger partial charge in [0.15, 0.2) is 5.82 Å². The molecule has 9 heteroatoms. The van der Waals surface area contributed by atoms with Crippen molar-refractivity contribution in [3.63, 3.8) is 0 Å². The molecule has 1 heterocycles. The molecule has 8 nitrogen and oxygen atoms in total. The van der Waals surface area contributed by atoms with Crippen LogP contribution in [0.4, 0.5) is 5.69 Å². The van der Waals surface area contributed by atoms with E-state index in [2.05, 4.69) is 20.8 Å². The zero-order valence-corrected chi connectivity index (χ0v) is 19.7. The minimum absolute atomic E-state index is 0.103. The van der Waals surface area contributed by atoms with Crippen LogP contribution in [-0.2, 0) is 4.79 Å². The highest BCUT2D eigenvalue weighted by atomic mass is 32.2. The summed E-state index contributed by atoms with van der Waals surface area (Å²) in [6.07, 6.45) is 5.79. The third-order valence-electron chi connectivity index (χ3n) is 5.97. The van der Waals surface area contributed by atoms with E-state index in [0.717, 1.165) is 23.4 Å². The lowest BCUT2D eigenvalue weighted by molar-refractivity contribution is -0.129. The second-order valence-electron chi connectivity index (χ2n) is 8.22. The minimum Gasteiger partial charge on any atom is -0.342 e. The smallest absolute Gasteiger partial charge is 0.256 e. The number of nitrogens with zero attached hydrogens (tertiary/aromatic N) is 5. The van der Waals surface area contributed by atoms with Gasteiger partial charge in [0, 0.05) is 23.7 Å². The highest BCUT2D eigenvalue weighted by molar-refractivity contribution is 8.00. The number of nitrogens with one attached hydrogen (secondary N) is 1. The van der Waals surface area contributed by atoms with Gasteiger partial charge in [0.2, 0.25) is 5.91 Å². The molecule has 0 aliphatic heterocycles. The topological polar surface area (TPSA) is 93.0 Å². The normalized spacial score (nSPS) is 14.1. The van der Waals surface area contributed by atoms with Crippen LogP contribution in [0.3, 0.4) is 0 Å². The number of tetrazole rings is 1. The van der Waals surface area contributed by atoms with Crippen LogP contribution in [-0.4, -0.2) is 55.8 Å². The molecule has 0 atom stereocenters. The zero-order chi connectivity index (χ0) is 23.2. The van der Waals surface area contributed by atoms with Crippen LogP contribution in [0.5, 0.6) is 0 Å². The predicted molar refractivity (Wildman–Crippen MR) is 129 cm³/mol. The Morgan fingerprint density at radius 3 is 2.67 bits per heavy atom. The maximum atomic E-state index is 13.1. The number of aryl methyl sites for hydroxylation is 1.